The number of nitrogens with one attached hydrogen (secondary N) is 1. The third-order valence-electron chi connectivity index (χ3n) is 3.68. The van der Waals surface area contributed by atoms with Gasteiger partial charge in [0.05, 0.1) is 6.10 Å². The third-order valence-corrected chi connectivity index (χ3v) is 3.68. The fourth-order valence-corrected chi connectivity index (χ4v) is 2.66. The van der Waals surface area contributed by atoms with E-state index in [9.17, 15) is 0 Å². The minimum atomic E-state index is 0.493. The molecule has 0 bridgehead atoms. The monoisotopic (exact) mass is 228 g/mol. The maximum atomic E-state index is 5.50. The molecule has 0 heterocycles. The van der Waals surface area contributed by atoms with Gasteiger partial charge in [0.15, 0.2) is 0 Å². The van der Waals surface area contributed by atoms with Crippen molar-refractivity contribution in [2.45, 2.75) is 51.7 Å². The summed E-state index contributed by atoms with van der Waals surface area (Å²) < 4.78 is 5.50. The summed E-state index contributed by atoms with van der Waals surface area (Å²) in [5, 5.41) is 3.40. The molecule has 1 aliphatic carbocycles. The van der Waals surface area contributed by atoms with Gasteiger partial charge in [-0.05, 0) is 38.8 Å². The molecular formula is C13H28N2O. The molecule has 0 aliphatic heterocycles. The van der Waals surface area contributed by atoms with Gasteiger partial charge in [-0.25, -0.2) is 0 Å². The standard InChI is InChI=1S/C13H28N2O/c1-4-14-9-10-15(5-2)12-7-6-8-13(11-12)16-3/h12-14H,4-11H2,1-3H3. The van der Waals surface area contributed by atoms with Crippen LogP contribution in [-0.2, 0) is 4.74 Å². The molecule has 0 amide bonds. The van der Waals surface area contributed by atoms with Gasteiger partial charge in [-0.3, -0.25) is 4.90 Å². The van der Waals surface area contributed by atoms with Gasteiger partial charge in [-0.2, -0.15) is 0 Å². The van der Waals surface area contributed by atoms with Gasteiger partial charge < -0.3 is 10.1 Å². The molecule has 0 aromatic rings. The topological polar surface area (TPSA) is 24.5 Å². The molecule has 0 radical (unpaired) electrons. The highest BCUT2D eigenvalue weighted by atomic mass is 16.5. The summed E-state index contributed by atoms with van der Waals surface area (Å²) in [6, 6.07) is 0.738. The minimum absolute atomic E-state index is 0.493. The molecule has 1 fully saturated rings. The molecule has 3 heteroatoms. The number of hydrogen-bond acceptors (Lipinski definition) is 3. The zero-order valence-electron chi connectivity index (χ0n) is 11.2. The molecule has 1 aliphatic rings. The summed E-state index contributed by atoms with van der Waals surface area (Å²) in [6.45, 7) is 8.94. The Morgan fingerprint density at radius 1 is 1.31 bits per heavy atom. The van der Waals surface area contributed by atoms with E-state index in [4.69, 9.17) is 4.74 Å². The van der Waals surface area contributed by atoms with Crippen LogP contribution in [-0.4, -0.2) is 50.3 Å². The molecule has 2 unspecified atom stereocenters. The van der Waals surface area contributed by atoms with Crippen LogP contribution in [0.25, 0.3) is 0 Å². The molecule has 3 nitrogen and oxygen atoms in total. The number of ether oxygens (including phenoxy) is 1. The normalized spacial score (nSPS) is 26.2. The van der Waals surface area contributed by atoms with Gasteiger partial charge >= 0.3 is 0 Å². The average Bonchev–Trinajstić information content (AvgIpc) is 2.35. The maximum Gasteiger partial charge on any atom is 0.0586 e. The third kappa shape index (κ3) is 4.40. The quantitative estimate of drug-likeness (QED) is 0.673. The lowest BCUT2D eigenvalue weighted by Crippen LogP contribution is -2.43. The van der Waals surface area contributed by atoms with Crippen molar-refractivity contribution < 1.29 is 4.74 Å². The lowest BCUT2D eigenvalue weighted by Gasteiger charge is -2.36. The SMILES string of the molecule is CCNCCN(CC)C1CCCC(OC)C1. The van der Waals surface area contributed by atoms with Crippen molar-refractivity contribution >= 4 is 0 Å². The van der Waals surface area contributed by atoms with E-state index in [1.54, 1.807) is 0 Å². The minimum Gasteiger partial charge on any atom is -0.381 e. The first-order valence-corrected chi connectivity index (χ1v) is 6.79. The van der Waals surface area contributed by atoms with Crippen molar-refractivity contribution in [3.05, 3.63) is 0 Å². The van der Waals surface area contributed by atoms with Crippen molar-refractivity contribution in [2.24, 2.45) is 0 Å². The Morgan fingerprint density at radius 2 is 2.12 bits per heavy atom. The second-order valence-electron chi connectivity index (χ2n) is 4.66. The zero-order chi connectivity index (χ0) is 11.8. The smallest absolute Gasteiger partial charge is 0.0586 e. The van der Waals surface area contributed by atoms with Gasteiger partial charge in [0, 0.05) is 26.2 Å². The van der Waals surface area contributed by atoms with E-state index in [1.165, 1.54) is 32.2 Å². The first-order valence-electron chi connectivity index (χ1n) is 6.79. The fourth-order valence-electron chi connectivity index (χ4n) is 2.66. The van der Waals surface area contributed by atoms with Gasteiger partial charge in [0.1, 0.15) is 0 Å². The highest BCUT2D eigenvalue weighted by molar-refractivity contribution is 4.80. The summed E-state index contributed by atoms with van der Waals surface area (Å²) in [4.78, 5) is 2.60. The Balaban J connectivity index is 2.32. The summed E-state index contributed by atoms with van der Waals surface area (Å²) in [7, 11) is 1.85. The predicted octanol–water partition coefficient (Wildman–Crippen LogP) is 1.88. The van der Waals surface area contributed by atoms with Crippen LogP contribution in [0.2, 0.25) is 0 Å². The molecular weight excluding hydrogens is 200 g/mol. The Bertz CT molecular complexity index is 175. The summed E-state index contributed by atoms with van der Waals surface area (Å²) >= 11 is 0. The van der Waals surface area contributed by atoms with Crippen LogP contribution in [0.5, 0.6) is 0 Å². The van der Waals surface area contributed by atoms with Crippen LogP contribution in [0.1, 0.15) is 39.5 Å². The molecule has 0 saturated heterocycles. The lowest BCUT2D eigenvalue weighted by molar-refractivity contribution is 0.0295. The summed E-state index contributed by atoms with van der Waals surface area (Å²) in [5.41, 5.74) is 0. The van der Waals surface area contributed by atoms with Crippen molar-refractivity contribution in [2.75, 3.05) is 33.3 Å². The van der Waals surface area contributed by atoms with Gasteiger partial charge in [0.2, 0.25) is 0 Å². The Morgan fingerprint density at radius 3 is 2.75 bits per heavy atom. The number of nitrogens with zero attached hydrogens (tertiary/aromatic N) is 1. The van der Waals surface area contributed by atoms with E-state index in [1.807, 2.05) is 7.11 Å². The Labute approximate surface area is 101 Å². The molecule has 1 saturated carbocycles. The van der Waals surface area contributed by atoms with Gasteiger partial charge in [-0.15, -0.1) is 0 Å². The molecule has 96 valence electrons. The molecule has 1 N–H and O–H groups in total. The van der Waals surface area contributed by atoms with Crippen molar-refractivity contribution in [3.8, 4) is 0 Å². The molecule has 1 rings (SSSR count). The van der Waals surface area contributed by atoms with Crippen LogP contribution in [0, 0.1) is 0 Å². The molecule has 0 aromatic carbocycles. The number of methoxy groups -OCH3 is 1. The zero-order valence-corrected chi connectivity index (χ0v) is 11.2. The van der Waals surface area contributed by atoms with Crippen molar-refractivity contribution in [1.29, 1.82) is 0 Å². The highest BCUT2D eigenvalue weighted by Gasteiger charge is 2.25. The number of hydrogen-bond donors (Lipinski definition) is 1. The fraction of sp³-hybridized carbons (Fsp3) is 1.00. The second-order valence-corrected chi connectivity index (χ2v) is 4.66. The largest absolute Gasteiger partial charge is 0.381 e. The average molecular weight is 228 g/mol. The van der Waals surface area contributed by atoms with Crippen molar-refractivity contribution in [1.82, 2.24) is 10.2 Å². The van der Waals surface area contributed by atoms with Crippen LogP contribution in [0.3, 0.4) is 0 Å². The van der Waals surface area contributed by atoms with Gasteiger partial charge in [-0.1, -0.05) is 13.8 Å². The first kappa shape index (κ1) is 13.9. The molecule has 2 atom stereocenters. The first-order chi connectivity index (χ1) is 7.81. The van der Waals surface area contributed by atoms with Crippen LogP contribution < -0.4 is 5.32 Å². The van der Waals surface area contributed by atoms with E-state index in [0.29, 0.717) is 6.10 Å². The molecule has 16 heavy (non-hydrogen) atoms. The predicted molar refractivity (Wildman–Crippen MR) is 68.8 cm³/mol. The van der Waals surface area contributed by atoms with E-state index in [0.717, 1.165) is 25.7 Å². The van der Waals surface area contributed by atoms with Crippen LogP contribution in [0.15, 0.2) is 0 Å². The molecule has 0 aromatic heterocycles. The number of likely N-dealkylation sites (N-methyl/N-ethyl adjacent to an activating group) is 2. The number of rotatable bonds is 7. The van der Waals surface area contributed by atoms with Crippen molar-refractivity contribution in [3.63, 3.8) is 0 Å². The highest BCUT2D eigenvalue weighted by Crippen LogP contribution is 2.24. The van der Waals surface area contributed by atoms with Crippen LogP contribution >= 0.6 is 0 Å². The van der Waals surface area contributed by atoms with E-state index >= 15 is 0 Å². The van der Waals surface area contributed by atoms with E-state index < -0.39 is 0 Å². The summed E-state index contributed by atoms with van der Waals surface area (Å²) in [6.07, 6.45) is 5.63. The summed E-state index contributed by atoms with van der Waals surface area (Å²) in [5.74, 6) is 0. The lowest BCUT2D eigenvalue weighted by atomic mass is 9.91. The van der Waals surface area contributed by atoms with E-state index in [2.05, 4.69) is 24.1 Å². The van der Waals surface area contributed by atoms with Gasteiger partial charge in [0.25, 0.3) is 0 Å². The molecule has 0 spiro atoms. The van der Waals surface area contributed by atoms with Crippen LogP contribution in [0.4, 0.5) is 0 Å². The Hall–Kier alpha value is -0.120. The Kier molecular flexibility index (Phi) is 7.01. The van der Waals surface area contributed by atoms with E-state index in [-0.39, 0.29) is 0 Å². The second kappa shape index (κ2) is 8.04. The maximum absolute atomic E-state index is 5.50.